The Balaban J connectivity index is 2.27. The lowest BCUT2D eigenvalue weighted by molar-refractivity contribution is -0.137. The van der Waals surface area contributed by atoms with Crippen LogP contribution < -0.4 is 10.1 Å². The van der Waals surface area contributed by atoms with E-state index >= 15 is 0 Å². The van der Waals surface area contributed by atoms with Crippen LogP contribution in [0.1, 0.15) is 20.4 Å². The maximum Gasteiger partial charge on any atom is 0.443 e. The molecule has 0 unspecified atom stereocenters. The van der Waals surface area contributed by atoms with E-state index in [1.54, 1.807) is 24.3 Å². The number of alkyl halides is 3. The highest BCUT2D eigenvalue weighted by molar-refractivity contribution is 7.14. The molecule has 0 aliphatic heterocycles. The SMILES string of the molecule is COc1ccccc1NC(=O)c1sc(C(F)(F)F)nc1C. The van der Waals surface area contributed by atoms with Gasteiger partial charge in [-0.2, -0.15) is 13.2 Å². The number of rotatable bonds is 3. The lowest BCUT2D eigenvalue weighted by Gasteiger charge is -2.08. The second kappa shape index (κ2) is 5.72. The lowest BCUT2D eigenvalue weighted by atomic mass is 10.3. The summed E-state index contributed by atoms with van der Waals surface area (Å²) in [6, 6.07) is 6.63. The van der Waals surface area contributed by atoms with Crippen LogP contribution in [-0.2, 0) is 6.18 Å². The first-order valence-corrected chi connectivity index (χ1v) is 6.63. The molecule has 8 heteroatoms. The standard InChI is InChI=1S/C13H11F3N2O2S/c1-7-10(21-12(17-7)13(14,15)16)11(19)18-8-5-3-4-6-9(8)20-2/h3-6H,1-2H3,(H,18,19). The number of hydrogen-bond donors (Lipinski definition) is 1. The Hall–Kier alpha value is -2.09. The Bertz CT molecular complexity index is 668. The first-order valence-electron chi connectivity index (χ1n) is 5.82. The van der Waals surface area contributed by atoms with Crippen LogP contribution in [0, 0.1) is 6.92 Å². The van der Waals surface area contributed by atoms with Crippen molar-refractivity contribution in [3.8, 4) is 5.75 Å². The molecule has 0 aliphatic carbocycles. The van der Waals surface area contributed by atoms with Gasteiger partial charge in [-0.1, -0.05) is 12.1 Å². The Morgan fingerprint density at radius 1 is 1.33 bits per heavy atom. The number of aromatic nitrogens is 1. The summed E-state index contributed by atoms with van der Waals surface area (Å²) in [5, 5.41) is 1.49. The van der Waals surface area contributed by atoms with Gasteiger partial charge in [0.15, 0.2) is 5.01 Å². The van der Waals surface area contributed by atoms with Crippen molar-refractivity contribution in [3.05, 3.63) is 39.8 Å². The van der Waals surface area contributed by atoms with Gasteiger partial charge in [-0.3, -0.25) is 4.79 Å². The van der Waals surface area contributed by atoms with Crippen LogP contribution in [0.5, 0.6) is 5.75 Å². The topological polar surface area (TPSA) is 51.2 Å². The number of nitrogens with zero attached hydrogens (tertiary/aromatic N) is 1. The molecule has 0 spiro atoms. The van der Waals surface area contributed by atoms with Gasteiger partial charge in [-0.15, -0.1) is 11.3 Å². The van der Waals surface area contributed by atoms with Crippen molar-refractivity contribution < 1.29 is 22.7 Å². The van der Waals surface area contributed by atoms with Gasteiger partial charge in [-0.25, -0.2) is 4.98 Å². The first kappa shape index (κ1) is 15.3. The van der Waals surface area contributed by atoms with Crippen LogP contribution in [0.4, 0.5) is 18.9 Å². The van der Waals surface area contributed by atoms with Crippen molar-refractivity contribution in [2.45, 2.75) is 13.1 Å². The van der Waals surface area contributed by atoms with E-state index in [1.807, 2.05) is 0 Å². The van der Waals surface area contributed by atoms with E-state index in [9.17, 15) is 18.0 Å². The zero-order valence-corrected chi connectivity index (χ0v) is 11.9. The van der Waals surface area contributed by atoms with Gasteiger partial charge >= 0.3 is 6.18 Å². The molecule has 1 heterocycles. The summed E-state index contributed by atoms with van der Waals surface area (Å²) in [6.07, 6.45) is -4.56. The third-order valence-corrected chi connectivity index (χ3v) is 3.80. The van der Waals surface area contributed by atoms with Crippen LogP contribution in [-0.4, -0.2) is 18.0 Å². The third-order valence-electron chi connectivity index (χ3n) is 2.60. The van der Waals surface area contributed by atoms with Gasteiger partial charge in [0.1, 0.15) is 10.6 Å². The van der Waals surface area contributed by atoms with Gasteiger partial charge in [0.05, 0.1) is 18.5 Å². The van der Waals surface area contributed by atoms with Crippen molar-refractivity contribution in [2.75, 3.05) is 12.4 Å². The Morgan fingerprint density at radius 2 is 2.00 bits per heavy atom. The average molecular weight is 316 g/mol. The molecule has 4 nitrogen and oxygen atoms in total. The average Bonchev–Trinajstić information content (AvgIpc) is 2.81. The molecule has 1 amide bonds. The summed E-state index contributed by atoms with van der Waals surface area (Å²) >= 11 is 0.318. The van der Waals surface area contributed by atoms with Crippen LogP contribution >= 0.6 is 11.3 Å². The van der Waals surface area contributed by atoms with E-state index in [-0.39, 0.29) is 10.6 Å². The van der Waals surface area contributed by atoms with E-state index in [0.717, 1.165) is 0 Å². The molecule has 0 fully saturated rings. The van der Waals surface area contributed by atoms with E-state index in [1.165, 1.54) is 14.0 Å². The molecule has 1 N–H and O–H groups in total. The second-order valence-electron chi connectivity index (χ2n) is 4.09. The van der Waals surface area contributed by atoms with Gasteiger partial charge in [0, 0.05) is 0 Å². The molecule has 2 aromatic rings. The number of ether oxygens (including phenoxy) is 1. The number of nitrogens with one attached hydrogen (secondary N) is 1. The summed E-state index contributed by atoms with van der Waals surface area (Å²) < 4.78 is 42.8. The number of benzene rings is 1. The van der Waals surface area contributed by atoms with E-state index in [0.29, 0.717) is 22.8 Å². The predicted molar refractivity (Wildman–Crippen MR) is 72.8 cm³/mol. The minimum atomic E-state index is -4.56. The molecule has 1 aromatic carbocycles. The summed E-state index contributed by atoms with van der Waals surface area (Å²) in [7, 11) is 1.44. The zero-order chi connectivity index (χ0) is 15.6. The Labute approximate surface area is 122 Å². The molecule has 0 radical (unpaired) electrons. The number of methoxy groups -OCH3 is 1. The fourth-order valence-corrected chi connectivity index (χ4v) is 2.48. The highest BCUT2D eigenvalue weighted by Crippen LogP contribution is 2.34. The van der Waals surface area contributed by atoms with Gasteiger partial charge < -0.3 is 10.1 Å². The number of halogens is 3. The monoisotopic (exact) mass is 316 g/mol. The number of carbonyl (C=O) groups excluding carboxylic acids is 1. The maximum absolute atomic E-state index is 12.6. The fourth-order valence-electron chi connectivity index (χ4n) is 1.66. The largest absolute Gasteiger partial charge is 0.495 e. The number of carbonyl (C=O) groups is 1. The quantitative estimate of drug-likeness (QED) is 0.938. The Kier molecular flexibility index (Phi) is 4.17. The number of hydrogen-bond acceptors (Lipinski definition) is 4. The predicted octanol–water partition coefficient (Wildman–Crippen LogP) is 3.73. The number of amides is 1. The molecule has 0 bridgehead atoms. The normalized spacial score (nSPS) is 11.3. The molecule has 0 saturated carbocycles. The molecular weight excluding hydrogens is 305 g/mol. The molecule has 0 atom stereocenters. The molecule has 0 aliphatic rings. The summed E-state index contributed by atoms with van der Waals surface area (Å²) in [5.74, 6) is -0.228. The molecular formula is C13H11F3N2O2S. The van der Waals surface area contributed by atoms with Crippen molar-refractivity contribution in [1.82, 2.24) is 4.98 Å². The van der Waals surface area contributed by atoms with Crippen LogP contribution in [0.3, 0.4) is 0 Å². The second-order valence-corrected chi connectivity index (χ2v) is 5.08. The Morgan fingerprint density at radius 3 is 2.57 bits per heavy atom. The highest BCUT2D eigenvalue weighted by Gasteiger charge is 2.36. The van der Waals surface area contributed by atoms with Gasteiger partial charge in [-0.05, 0) is 19.1 Å². The molecule has 21 heavy (non-hydrogen) atoms. The van der Waals surface area contributed by atoms with Crippen molar-refractivity contribution in [2.24, 2.45) is 0 Å². The smallest absolute Gasteiger partial charge is 0.443 e. The third kappa shape index (κ3) is 3.33. The maximum atomic E-state index is 12.6. The van der Waals surface area contributed by atoms with Crippen molar-refractivity contribution in [3.63, 3.8) is 0 Å². The highest BCUT2D eigenvalue weighted by atomic mass is 32.1. The van der Waals surface area contributed by atoms with Gasteiger partial charge in [0.25, 0.3) is 5.91 Å². The van der Waals surface area contributed by atoms with E-state index in [2.05, 4.69) is 10.3 Å². The number of aryl methyl sites for hydroxylation is 1. The van der Waals surface area contributed by atoms with E-state index < -0.39 is 17.1 Å². The minimum Gasteiger partial charge on any atom is -0.495 e. The molecule has 0 saturated heterocycles. The molecule has 2 rings (SSSR count). The van der Waals surface area contributed by atoms with Crippen molar-refractivity contribution >= 4 is 22.9 Å². The lowest BCUT2D eigenvalue weighted by Crippen LogP contribution is -2.12. The molecule has 112 valence electrons. The number of anilines is 1. The summed E-state index contributed by atoms with van der Waals surface area (Å²) in [6.45, 7) is 1.36. The number of thiazole rings is 1. The minimum absolute atomic E-state index is 0.0414. The first-order chi connectivity index (χ1) is 9.82. The van der Waals surface area contributed by atoms with Crippen LogP contribution in [0.2, 0.25) is 0 Å². The molecule has 1 aromatic heterocycles. The summed E-state index contributed by atoms with van der Waals surface area (Å²) in [5.41, 5.74) is 0.422. The zero-order valence-electron chi connectivity index (χ0n) is 11.1. The summed E-state index contributed by atoms with van der Waals surface area (Å²) in [4.78, 5) is 15.4. The van der Waals surface area contributed by atoms with Crippen molar-refractivity contribution in [1.29, 1.82) is 0 Å². The van der Waals surface area contributed by atoms with Gasteiger partial charge in [0.2, 0.25) is 0 Å². The fraction of sp³-hybridized carbons (Fsp3) is 0.231. The van der Waals surface area contributed by atoms with E-state index in [4.69, 9.17) is 4.74 Å². The number of para-hydroxylation sites is 2. The van der Waals surface area contributed by atoms with Crippen LogP contribution in [0.15, 0.2) is 24.3 Å². The van der Waals surface area contributed by atoms with Crippen LogP contribution in [0.25, 0.3) is 0 Å².